The average Bonchev–Trinajstić information content (AvgIpc) is 3.35. The van der Waals surface area contributed by atoms with Crippen LogP contribution in [0.1, 0.15) is 6.92 Å². The third-order valence-corrected chi connectivity index (χ3v) is 7.93. The van der Waals surface area contributed by atoms with Gasteiger partial charge in [0, 0.05) is 12.1 Å². The monoisotopic (exact) mass is 528 g/mol. The van der Waals surface area contributed by atoms with Gasteiger partial charge in [0.15, 0.2) is 0 Å². The Kier molecular flexibility index (Phi) is 7.74. The molecular weight excluding hydrogens is 508 g/mol. The van der Waals surface area contributed by atoms with Crippen LogP contribution in [0.25, 0.3) is 11.5 Å². The quantitative estimate of drug-likeness (QED) is 0.292. The molecule has 0 aliphatic heterocycles. The van der Waals surface area contributed by atoms with Crippen LogP contribution in [0, 0.1) is 0 Å². The number of carbonyl (C=O) groups is 1. The zero-order chi connectivity index (χ0) is 24.8. The Hall–Kier alpha value is -3.34. The number of nitrogens with one attached hydrogen (secondary N) is 1. The molecule has 0 saturated carbocycles. The van der Waals surface area contributed by atoms with Crippen molar-refractivity contribution in [3.8, 4) is 11.5 Å². The zero-order valence-corrected chi connectivity index (χ0v) is 21.0. The Morgan fingerprint density at radius 1 is 1.03 bits per heavy atom. The SMILES string of the molecule is CCN(c1ccccc1)S(=O)(=O)c1ccc(Cl)c(NC(=O)CSc2nnc(-c3ccccc3)o2)c1. The highest BCUT2D eigenvalue weighted by Crippen LogP contribution is 2.30. The van der Waals surface area contributed by atoms with Gasteiger partial charge in [-0.25, -0.2) is 8.42 Å². The van der Waals surface area contributed by atoms with Gasteiger partial charge in [0.1, 0.15) is 0 Å². The van der Waals surface area contributed by atoms with Crippen molar-refractivity contribution in [1.29, 1.82) is 0 Å². The Labute approximate surface area is 212 Å². The number of halogens is 1. The summed E-state index contributed by atoms with van der Waals surface area (Å²) in [6.45, 7) is 1.99. The van der Waals surface area contributed by atoms with Gasteiger partial charge < -0.3 is 9.73 Å². The van der Waals surface area contributed by atoms with Crippen LogP contribution in [0.15, 0.2) is 93.4 Å². The van der Waals surface area contributed by atoms with Crippen LogP contribution in [0.4, 0.5) is 11.4 Å². The summed E-state index contributed by atoms with van der Waals surface area (Å²) in [5, 5.41) is 11.1. The van der Waals surface area contributed by atoms with Crippen LogP contribution in [0.2, 0.25) is 5.02 Å². The second kappa shape index (κ2) is 10.9. The van der Waals surface area contributed by atoms with Gasteiger partial charge in [-0.05, 0) is 49.4 Å². The first kappa shape index (κ1) is 24.8. The van der Waals surface area contributed by atoms with Crippen molar-refractivity contribution in [2.45, 2.75) is 17.0 Å². The minimum atomic E-state index is -3.87. The van der Waals surface area contributed by atoms with Crippen molar-refractivity contribution in [2.75, 3.05) is 21.9 Å². The summed E-state index contributed by atoms with van der Waals surface area (Å²) < 4.78 is 33.4. The van der Waals surface area contributed by atoms with E-state index < -0.39 is 15.9 Å². The fraction of sp³-hybridized carbons (Fsp3) is 0.125. The van der Waals surface area contributed by atoms with E-state index in [1.54, 1.807) is 31.2 Å². The van der Waals surface area contributed by atoms with E-state index in [1.165, 1.54) is 22.5 Å². The van der Waals surface area contributed by atoms with Crippen LogP contribution < -0.4 is 9.62 Å². The molecule has 4 rings (SSSR count). The standard InChI is InChI=1S/C24H21ClN4O4S2/c1-2-29(18-11-7-4-8-12-18)35(31,32)19-13-14-20(25)21(15-19)26-22(30)16-34-24-28-27-23(33-24)17-9-5-3-6-10-17/h3-15H,2,16H2,1H3,(H,26,30). The molecule has 11 heteroatoms. The first-order valence-corrected chi connectivity index (χ1v) is 13.4. The number of amides is 1. The summed E-state index contributed by atoms with van der Waals surface area (Å²) in [7, 11) is -3.87. The van der Waals surface area contributed by atoms with E-state index in [4.69, 9.17) is 16.0 Å². The number of hydrogen-bond donors (Lipinski definition) is 1. The first-order valence-electron chi connectivity index (χ1n) is 10.6. The number of sulfonamides is 1. The number of rotatable bonds is 9. The van der Waals surface area contributed by atoms with E-state index in [0.717, 1.165) is 17.3 Å². The number of nitrogens with zero attached hydrogens (tertiary/aromatic N) is 3. The largest absolute Gasteiger partial charge is 0.411 e. The normalized spacial score (nSPS) is 11.3. The Balaban J connectivity index is 1.45. The van der Waals surface area contributed by atoms with E-state index in [2.05, 4.69) is 15.5 Å². The summed E-state index contributed by atoms with van der Waals surface area (Å²) >= 11 is 7.30. The Morgan fingerprint density at radius 3 is 2.40 bits per heavy atom. The van der Waals surface area contributed by atoms with Crippen LogP contribution in [0.5, 0.6) is 0 Å². The van der Waals surface area contributed by atoms with Gasteiger partial charge in [-0.15, -0.1) is 10.2 Å². The van der Waals surface area contributed by atoms with Crippen LogP contribution in [-0.2, 0) is 14.8 Å². The third kappa shape index (κ3) is 5.84. The van der Waals surface area contributed by atoms with Gasteiger partial charge in [-0.1, -0.05) is 59.8 Å². The number of para-hydroxylation sites is 1. The van der Waals surface area contributed by atoms with Crippen molar-refractivity contribution in [2.24, 2.45) is 0 Å². The second-order valence-corrected chi connectivity index (χ2v) is 10.4. The molecule has 0 bridgehead atoms. The van der Waals surface area contributed by atoms with E-state index in [-0.39, 0.29) is 33.1 Å². The summed E-state index contributed by atoms with van der Waals surface area (Å²) in [4.78, 5) is 12.6. The fourth-order valence-electron chi connectivity index (χ4n) is 3.25. The second-order valence-electron chi connectivity index (χ2n) is 7.22. The Morgan fingerprint density at radius 2 is 1.71 bits per heavy atom. The van der Waals surface area contributed by atoms with Crippen molar-refractivity contribution < 1.29 is 17.6 Å². The van der Waals surface area contributed by atoms with Gasteiger partial charge >= 0.3 is 0 Å². The van der Waals surface area contributed by atoms with E-state index in [9.17, 15) is 13.2 Å². The van der Waals surface area contributed by atoms with Crippen molar-refractivity contribution in [3.63, 3.8) is 0 Å². The van der Waals surface area contributed by atoms with E-state index in [1.807, 2.05) is 36.4 Å². The molecule has 0 unspecified atom stereocenters. The smallest absolute Gasteiger partial charge is 0.277 e. The highest BCUT2D eigenvalue weighted by Gasteiger charge is 2.24. The first-order chi connectivity index (χ1) is 16.9. The van der Waals surface area contributed by atoms with Gasteiger partial charge in [0.25, 0.3) is 15.2 Å². The number of carbonyl (C=O) groups excluding carboxylic acids is 1. The summed E-state index contributed by atoms with van der Waals surface area (Å²) in [6.07, 6.45) is 0. The average molecular weight is 529 g/mol. The van der Waals surface area contributed by atoms with Crippen molar-refractivity contribution >= 4 is 50.7 Å². The molecular formula is C24H21ClN4O4S2. The molecule has 0 radical (unpaired) electrons. The number of aromatic nitrogens is 2. The minimum Gasteiger partial charge on any atom is -0.411 e. The predicted molar refractivity (Wildman–Crippen MR) is 137 cm³/mol. The lowest BCUT2D eigenvalue weighted by Gasteiger charge is -2.23. The molecule has 1 N–H and O–H groups in total. The molecule has 0 aliphatic carbocycles. The molecule has 0 spiro atoms. The maximum absolute atomic E-state index is 13.3. The summed E-state index contributed by atoms with van der Waals surface area (Å²) in [5.74, 6) is -0.0795. The van der Waals surface area contributed by atoms with Gasteiger partial charge in [0.2, 0.25) is 11.8 Å². The predicted octanol–water partition coefficient (Wildman–Crippen LogP) is 5.34. The molecule has 8 nitrogen and oxygen atoms in total. The highest BCUT2D eigenvalue weighted by atomic mass is 35.5. The summed E-state index contributed by atoms with van der Waals surface area (Å²) in [5.41, 5.74) is 1.51. The molecule has 4 aromatic rings. The Bertz CT molecular complexity index is 1410. The molecule has 1 heterocycles. The van der Waals surface area contributed by atoms with Gasteiger partial charge in [-0.2, -0.15) is 0 Å². The van der Waals surface area contributed by atoms with E-state index >= 15 is 0 Å². The van der Waals surface area contributed by atoms with E-state index in [0.29, 0.717) is 11.6 Å². The molecule has 0 fully saturated rings. The molecule has 3 aromatic carbocycles. The molecule has 0 saturated heterocycles. The summed E-state index contributed by atoms with van der Waals surface area (Å²) in [6, 6.07) is 22.3. The number of hydrogen-bond acceptors (Lipinski definition) is 7. The lowest BCUT2D eigenvalue weighted by Crippen LogP contribution is -2.30. The minimum absolute atomic E-state index is 0.0139. The molecule has 0 aliphatic rings. The fourth-order valence-corrected chi connectivity index (χ4v) is 5.48. The highest BCUT2D eigenvalue weighted by molar-refractivity contribution is 7.99. The maximum atomic E-state index is 13.3. The number of thioether (sulfide) groups is 1. The molecule has 180 valence electrons. The molecule has 35 heavy (non-hydrogen) atoms. The topological polar surface area (TPSA) is 105 Å². The van der Waals surface area contributed by atoms with Gasteiger partial charge in [-0.3, -0.25) is 9.10 Å². The van der Waals surface area contributed by atoms with Gasteiger partial charge in [0.05, 0.1) is 27.0 Å². The number of benzene rings is 3. The maximum Gasteiger partial charge on any atom is 0.277 e. The molecule has 1 aromatic heterocycles. The van der Waals surface area contributed by atoms with Crippen molar-refractivity contribution in [3.05, 3.63) is 83.9 Å². The van der Waals surface area contributed by atoms with Crippen LogP contribution in [-0.4, -0.2) is 36.8 Å². The zero-order valence-electron chi connectivity index (χ0n) is 18.6. The molecule has 1 amide bonds. The van der Waals surface area contributed by atoms with Crippen molar-refractivity contribution in [1.82, 2.24) is 10.2 Å². The molecule has 0 atom stereocenters. The lowest BCUT2D eigenvalue weighted by molar-refractivity contribution is -0.113. The number of anilines is 2. The third-order valence-electron chi connectivity index (χ3n) is 4.89. The lowest BCUT2D eigenvalue weighted by atomic mass is 10.2. The van der Waals surface area contributed by atoms with Crippen LogP contribution in [0.3, 0.4) is 0 Å². The van der Waals surface area contributed by atoms with Crippen LogP contribution >= 0.6 is 23.4 Å².